The van der Waals surface area contributed by atoms with Crippen LogP contribution in [0.5, 0.6) is 0 Å². The first kappa shape index (κ1) is 13.4. The van der Waals surface area contributed by atoms with Crippen LogP contribution in [0.4, 0.5) is 4.79 Å². The van der Waals surface area contributed by atoms with Gasteiger partial charge in [0.2, 0.25) is 0 Å². The fraction of sp³-hybridized carbons (Fsp3) is 0.562. The zero-order valence-electron chi connectivity index (χ0n) is 11.8. The lowest BCUT2D eigenvalue weighted by atomic mass is 9.88. The third kappa shape index (κ3) is 2.66. The van der Waals surface area contributed by atoms with Gasteiger partial charge in [0.05, 0.1) is 5.54 Å². The van der Waals surface area contributed by atoms with Crippen molar-refractivity contribution in [2.24, 2.45) is 0 Å². The van der Waals surface area contributed by atoms with Crippen LogP contribution in [0.2, 0.25) is 0 Å². The second-order valence-electron chi connectivity index (χ2n) is 5.80. The van der Waals surface area contributed by atoms with Crippen molar-refractivity contribution in [1.29, 1.82) is 0 Å². The number of nitrogens with one attached hydrogen (secondary N) is 1. The lowest BCUT2D eigenvalue weighted by Crippen LogP contribution is -2.56. The Labute approximate surface area is 120 Å². The van der Waals surface area contributed by atoms with Gasteiger partial charge in [0, 0.05) is 13.1 Å². The van der Waals surface area contributed by atoms with E-state index in [9.17, 15) is 4.79 Å². The highest BCUT2D eigenvalue weighted by Crippen LogP contribution is 2.35. The van der Waals surface area contributed by atoms with E-state index >= 15 is 0 Å². The van der Waals surface area contributed by atoms with Crippen molar-refractivity contribution in [3.63, 3.8) is 0 Å². The van der Waals surface area contributed by atoms with Gasteiger partial charge >= 0.3 is 6.09 Å². The van der Waals surface area contributed by atoms with Crippen molar-refractivity contribution >= 4 is 6.09 Å². The van der Waals surface area contributed by atoms with Crippen LogP contribution in [0, 0.1) is 0 Å². The van der Waals surface area contributed by atoms with Gasteiger partial charge in [-0.2, -0.15) is 0 Å². The maximum Gasteiger partial charge on any atom is 0.410 e. The molecule has 3 rings (SSSR count). The lowest BCUT2D eigenvalue weighted by molar-refractivity contribution is 0.0547. The van der Waals surface area contributed by atoms with Crippen molar-refractivity contribution in [1.82, 2.24) is 10.2 Å². The molecule has 0 radical (unpaired) electrons. The average Bonchev–Trinajstić information content (AvgIpc) is 2.90. The van der Waals surface area contributed by atoms with Crippen molar-refractivity contribution in [3.05, 3.63) is 35.9 Å². The van der Waals surface area contributed by atoms with Crippen molar-refractivity contribution < 1.29 is 9.53 Å². The van der Waals surface area contributed by atoms with E-state index in [1.807, 2.05) is 35.2 Å². The van der Waals surface area contributed by atoms with E-state index in [-0.39, 0.29) is 11.6 Å². The van der Waals surface area contributed by atoms with Crippen molar-refractivity contribution in [2.75, 3.05) is 19.6 Å². The van der Waals surface area contributed by atoms with Crippen LogP contribution in [0.25, 0.3) is 0 Å². The van der Waals surface area contributed by atoms with Crippen LogP contribution < -0.4 is 5.32 Å². The number of hydrogen-bond acceptors (Lipinski definition) is 3. The third-order valence-electron chi connectivity index (χ3n) is 4.47. The molecule has 1 aromatic rings. The Morgan fingerprint density at radius 1 is 1.25 bits per heavy atom. The minimum Gasteiger partial charge on any atom is -0.445 e. The summed E-state index contributed by atoms with van der Waals surface area (Å²) in [6.07, 6.45) is 4.26. The van der Waals surface area contributed by atoms with Gasteiger partial charge < -0.3 is 15.0 Å². The molecule has 1 amide bonds. The summed E-state index contributed by atoms with van der Waals surface area (Å²) < 4.78 is 5.50. The molecule has 0 bridgehead atoms. The number of amides is 1. The molecule has 0 aromatic heterocycles. The normalized spacial score (nSPS) is 25.9. The summed E-state index contributed by atoms with van der Waals surface area (Å²) in [5.41, 5.74) is 1.04. The summed E-state index contributed by atoms with van der Waals surface area (Å²) in [6.45, 7) is 3.16. The SMILES string of the molecule is O=C(OCc1ccccc1)N1CCCC12CCCNC2. The van der Waals surface area contributed by atoms with E-state index in [4.69, 9.17) is 4.74 Å². The largest absolute Gasteiger partial charge is 0.445 e. The smallest absolute Gasteiger partial charge is 0.410 e. The van der Waals surface area contributed by atoms with Gasteiger partial charge in [0.15, 0.2) is 0 Å². The van der Waals surface area contributed by atoms with E-state index in [2.05, 4.69) is 5.32 Å². The van der Waals surface area contributed by atoms with E-state index in [1.54, 1.807) is 0 Å². The van der Waals surface area contributed by atoms with Gasteiger partial charge in [-0.3, -0.25) is 0 Å². The Kier molecular flexibility index (Phi) is 3.92. The number of carbonyl (C=O) groups excluding carboxylic acids is 1. The molecule has 1 spiro atoms. The molecule has 1 unspecified atom stereocenters. The molecule has 1 atom stereocenters. The number of likely N-dealkylation sites (tertiary alicyclic amines) is 1. The van der Waals surface area contributed by atoms with Gasteiger partial charge in [-0.05, 0) is 37.8 Å². The van der Waals surface area contributed by atoms with E-state index < -0.39 is 0 Å². The Hall–Kier alpha value is -1.55. The molecule has 2 aliphatic rings. The summed E-state index contributed by atoms with van der Waals surface area (Å²) in [5, 5.41) is 3.43. The molecule has 108 valence electrons. The molecule has 0 saturated carbocycles. The zero-order valence-corrected chi connectivity index (χ0v) is 11.8. The van der Waals surface area contributed by atoms with Crippen molar-refractivity contribution in [2.45, 2.75) is 37.8 Å². The predicted molar refractivity (Wildman–Crippen MR) is 77.4 cm³/mol. The number of ether oxygens (including phenoxy) is 1. The fourth-order valence-corrected chi connectivity index (χ4v) is 3.42. The first-order chi connectivity index (χ1) is 9.80. The molecule has 1 N–H and O–H groups in total. The topological polar surface area (TPSA) is 41.6 Å². The number of rotatable bonds is 2. The van der Waals surface area contributed by atoms with Gasteiger partial charge in [0.1, 0.15) is 6.61 Å². The zero-order chi connectivity index (χ0) is 13.8. The first-order valence-electron chi connectivity index (χ1n) is 7.49. The van der Waals surface area contributed by atoms with Crippen LogP contribution in [-0.2, 0) is 11.3 Å². The highest BCUT2D eigenvalue weighted by molar-refractivity contribution is 5.69. The number of carbonyl (C=O) groups is 1. The Morgan fingerprint density at radius 2 is 2.05 bits per heavy atom. The monoisotopic (exact) mass is 274 g/mol. The molecule has 4 heteroatoms. The molecule has 2 aliphatic heterocycles. The van der Waals surface area contributed by atoms with Crippen LogP contribution in [0.1, 0.15) is 31.2 Å². The Bertz CT molecular complexity index is 455. The Morgan fingerprint density at radius 3 is 2.80 bits per heavy atom. The number of nitrogens with zero attached hydrogens (tertiary/aromatic N) is 1. The summed E-state index contributed by atoms with van der Waals surface area (Å²) in [4.78, 5) is 14.3. The minimum atomic E-state index is -0.157. The molecular weight excluding hydrogens is 252 g/mol. The molecule has 0 aliphatic carbocycles. The highest BCUT2D eigenvalue weighted by Gasteiger charge is 2.44. The van der Waals surface area contributed by atoms with E-state index in [0.717, 1.165) is 50.9 Å². The molecule has 2 saturated heterocycles. The summed E-state index contributed by atoms with van der Waals surface area (Å²) in [5.74, 6) is 0. The lowest BCUT2D eigenvalue weighted by Gasteiger charge is -2.41. The number of hydrogen-bond donors (Lipinski definition) is 1. The predicted octanol–water partition coefficient (Wildman–Crippen LogP) is 2.54. The molecule has 2 heterocycles. The fourth-order valence-electron chi connectivity index (χ4n) is 3.42. The minimum absolute atomic E-state index is 0.00597. The summed E-state index contributed by atoms with van der Waals surface area (Å²) >= 11 is 0. The maximum atomic E-state index is 12.4. The van der Waals surface area contributed by atoms with Crippen LogP contribution in [-0.4, -0.2) is 36.2 Å². The molecule has 2 fully saturated rings. The average molecular weight is 274 g/mol. The molecule has 4 nitrogen and oxygen atoms in total. The van der Waals surface area contributed by atoms with E-state index in [1.165, 1.54) is 0 Å². The van der Waals surface area contributed by atoms with Crippen LogP contribution >= 0.6 is 0 Å². The first-order valence-corrected chi connectivity index (χ1v) is 7.49. The second-order valence-corrected chi connectivity index (χ2v) is 5.80. The van der Waals surface area contributed by atoms with Gasteiger partial charge in [0.25, 0.3) is 0 Å². The third-order valence-corrected chi connectivity index (χ3v) is 4.47. The second kappa shape index (κ2) is 5.83. The number of benzene rings is 1. The quantitative estimate of drug-likeness (QED) is 0.901. The van der Waals surface area contributed by atoms with Crippen molar-refractivity contribution in [3.8, 4) is 0 Å². The number of piperidine rings is 1. The van der Waals surface area contributed by atoms with Gasteiger partial charge in [-0.1, -0.05) is 30.3 Å². The van der Waals surface area contributed by atoms with E-state index in [0.29, 0.717) is 6.61 Å². The Balaban J connectivity index is 1.61. The maximum absolute atomic E-state index is 12.4. The van der Waals surface area contributed by atoms with Gasteiger partial charge in [-0.15, -0.1) is 0 Å². The van der Waals surface area contributed by atoms with Crippen LogP contribution in [0.3, 0.4) is 0 Å². The molecule has 1 aromatic carbocycles. The highest BCUT2D eigenvalue weighted by atomic mass is 16.6. The van der Waals surface area contributed by atoms with Gasteiger partial charge in [-0.25, -0.2) is 4.79 Å². The summed E-state index contributed by atoms with van der Waals surface area (Å²) in [7, 11) is 0. The standard InChI is InChI=1S/C16H22N2O2/c19-15(20-12-14-6-2-1-3-7-14)18-11-5-9-16(18)8-4-10-17-13-16/h1-3,6-7,17H,4-5,8-13H2. The van der Waals surface area contributed by atoms with Crippen LogP contribution in [0.15, 0.2) is 30.3 Å². The molecule has 20 heavy (non-hydrogen) atoms. The summed E-state index contributed by atoms with van der Waals surface area (Å²) in [6, 6.07) is 9.86. The molecular formula is C16H22N2O2.